The fraction of sp³-hybridized carbons (Fsp3) is 0.143. The zero-order valence-electron chi connectivity index (χ0n) is 10.5. The Balaban J connectivity index is 2.30. The lowest BCUT2D eigenvalue weighted by molar-refractivity contribution is 0.631. The molecule has 0 bridgehead atoms. The van der Waals surface area contributed by atoms with Crippen LogP contribution in [-0.4, -0.2) is 9.97 Å². The Hall–Kier alpha value is -1.72. The lowest BCUT2D eigenvalue weighted by Crippen LogP contribution is -2.11. The number of H-pyrrole nitrogens is 1. The van der Waals surface area contributed by atoms with E-state index < -0.39 is 0 Å². The quantitative estimate of drug-likeness (QED) is 0.725. The third kappa shape index (κ3) is 2.13. The van der Waals surface area contributed by atoms with Gasteiger partial charge < -0.3 is 4.98 Å². The van der Waals surface area contributed by atoms with E-state index in [1.807, 2.05) is 0 Å². The Labute approximate surface area is 123 Å². The van der Waals surface area contributed by atoms with E-state index in [1.165, 1.54) is 17.4 Å². The van der Waals surface area contributed by atoms with E-state index in [0.717, 1.165) is 0 Å². The third-order valence-corrected chi connectivity index (χ3v) is 4.08. The van der Waals surface area contributed by atoms with Gasteiger partial charge in [0.2, 0.25) is 0 Å². The molecule has 20 heavy (non-hydrogen) atoms. The molecule has 1 unspecified atom stereocenters. The summed E-state index contributed by atoms with van der Waals surface area (Å²) < 4.78 is 13.9. The van der Waals surface area contributed by atoms with Crippen LogP contribution in [0.4, 0.5) is 4.39 Å². The Morgan fingerprint density at radius 3 is 2.80 bits per heavy atom. The second kappa shape index (κ2) is 5.00. The van der Waals surface area contributed by atoms with E-state index in [1.54, 1.807) is 30.5 Å². The van der Waals surface area contributed by atoms with Crippen LogP contribution in [0.15, 0.2) is 34.4 Å². The van der Waals surface area contributed by atoms with Crippen molar-refractivity contribution in [2.75, 3.05) is 0 Å². The Morgan fingerprint density at radius 1 is 1.35 bits per heavy atom. The number of aromatic nitrogens is 2. The molecule has 3 nitrogen and oxygen atoms in total. The Morgan fingerprint density at radius 2 is 2.10 bits per heavy atom. The largest absolute Gasteiger partial charge is 0.309 e. The maximum absolute atomic E-state index is 13.9. The number of hydrogen-bond donors (Lipinski definition) is 1. The molecule has 102 valence electrons. The topological polar surface area (TPSA) is 45.8 Å². The molecule has 2 aromatic heterocycles. The van der Waals surface area contributed by atoms with Crippen LogP contribution in [0.3, 0.4) is 0 Å². The minimum atomic E-state index is -0.383. The number of thiophene rings is 1. The molecule has 1 N–H and O–H groups in total. The molecule has 0 amide bonds. The predicted octanol–water partition coefficient (Wildman–Crippen LogP) is 4.09. The van der Waals surface area contributed by atoms with Crippen LogP contribution < -0.4 is 5.56 Å². The molecule has 3 rings (SSSR count). The summed E-state index contributed by atoms with van der Waals surface area (Å²) in [4.78, 5) is 19.7. The molecule has 0 aliphatic carbocycles. The van der Waals surface area contributed by atoms with Crippen LogP contribution >= 0.6 is 22.9 Å². The SMILES string of the molecule is CC(Cl)c1nc2scc(-c3ccccc3F)c2c(=O)[nH]1. The Bertz CT molecular complexity index is 841. The minimum absolute atomic E-state index is 0.294. The number of hydrogen-bond acceptors (Lipinski definition) is 3. The van der Waals surface area contributed by atoms with Gasteiger partial charge in [-0.1, -0.05) is 18.2 Å². The lowest BCUT2D eigenvalue weighted by atomic mass is 10.1. The second-order valence-electron chi connectivity index (χ2n) is 4.38. The molecule has 0 radical (unpaired) electrons. The van der Waals surface area contributed by atoms with Gasteiger partial charge in [0.1, 0.15) is 16.5 Å². The highest BCUT2D eigenvalue weighted by Gasteiger charge is 2.16. The van der Waals surface area contributed by atoms with Crippen molar-refractivity contribution >= 4 is 33.2 Å². The highest BCUT2D eigenvalue weighted by Crippen LogP contribution is 2.32. The second-order valence-corrected chi connectivity index (χ2v) is 5.89. The van der Waals surface area contributed by atoms with Gasteiger partial charge in [-0.2, -0.15) is 0 Å². The van der Waals surface area contributed by atoms with Gasteiger partial charge in [0.05, 0.1) is 10.8 Å². The van der Waals surface area contributed by atoms with Crippen molar-refractivity contribution < 1.29 is 4.39 Å². The molecule has 0 aliphatic heterocycles. The molecule has 2 heterocycles. The first kappa shape index (κ1) is 13.3. The van der Waals surface area contributed by atoms with Crippen LogP contribution in [0.1, 0.15) is 18.1 Å². The Kier molecular flexibility index (Phi) is 3.31. The van der Waals surface area contributed by atoms with E-state index >= 15 is 0 Å². The van der Waals surface area contributed by atoms with E-state index in [-0.39, 0.29) is 16.8 Å². The number of benzene rings is 1. The molecular formula is C14H10ClFN2OS. The first-order valence-corrected chi connectivity index (χ1v) is 7.30. The zero-order chi connectivity index (χ0) is 14.3. The minimum Gasteiger partial charge on any atom is -0.309 e. The van der Waals surface area contributed by atoms with Gasteiger partial charge in [0.25, 0.3) is 5.56 Å². The van der Waals surface area contributed by atoms with Crippen LogP contribution in [0, 0.1) is 5.82 Å². The highest BCUT2D eigenvalue weighted by atomic mass is 35.5. The number of halogens is 2. The van der Waals surface area contributed by atoms with E-state index in [0.29, 0.717) is 27.2 Å². The van der Waals surface area contributed by atoms with E-state index in [4.69, 9.17) is 11.6 Å². The summed E-state index contributed by atoms with van der Waals surface area (Å²) in [6.45, 7) is 1.73. The normalized spacial score (nSPS) is 12.8. The maximum Gasteiger partial charge on any atom is 0.260 e. The molecular weight excluding hydrogens is 299 g/mol. The molecule has 0 fully saturated rings. The lowest BCUT2D eigenvalue weighted by Gasteiger charge is -2.03. The monoisotopic (exact) mass is 308 g/mol. The van der Waals surface area contributed by atoms with Crippen molar-refractivity contribution in [1.29, 1.82) is 0 Å². The molecule has 1 atom stereocenters. The summed E-state index contributed by atoms with van der Waals surface area (Å²) in [6, 6.07) is 6.37. The van der Waals surface area contributed by atoms with Gasteiger partial charge in [-0.05, 0) is 13.0 Å². The number of rotatable bonds is 2. The molecule has 0 spiro atoms. The fourth-order valence-corrected chi connectivity index (χ4v) is 3.08. The van der Waals surface area contributed by atoms with Crippen molar-refractivity contribution in [1.82, 2.24) is 9.97 Å². The highest BCUT2D eigenvalue weighted by molar-refractivity contribution is 7.17. The van der Waals surface area contributed by atoms with Crippen molar-refractivity contribution in [2.45, 2.75) is 12.3 Å². The van der Waals surface area contributed by atoms with Gasteiger partial charge in [-0.15, -0.1) is 22.9 Å². The van der Waals surface area contributed by atoms with Crippen molar-refractivity contribution in [2.24, 2.45) is 0 Å². The summed E-state index contributed by atoms with van der Waals surface area (Å²) in [5.41, 5.74) is 0.667. The average molecular weight is 309 g/mol. The maximum atomic E-state index is 13.9. The summed E-state index contributed by atoms with van der Waals surface area (Å²) in [5, 5.41) is 1.76. The predicted molar refractivity (Wildman–Crippen MR) is 79.9 cm³/mol. The number of nitrogens with one attached hydrogen (secondary N) is 1. The average Bonchev–Trinajstić information content (AvgIpc) is 2.83. The molecule has 0 aliphatic rings. The third-order valence-electron chi connectivity index (χ3n) is 3.00. The van der Waals surface area contributed by atoms with Crippen molar-refractivity contribution in [3.05, 3.63) is 51.6 Å². The molecule has 1 aromatic carbocycles. The van der Waals surface area contributed by atoms with Crippen molar-refractivity contribution in [3.63, 3.8) is 0 Å². The van der Waals surface area contributed by atoms with Crippen LogP contribution in [0.25, 0.3) is 21.3 Å². The van der Waals surface area contributed by atoms with Gasteiger partial charge in [-0.3, -0.25) is 4.79 Å². The van der Waals surface area contributed by atoms with E-state index in [9.17, 15) is 9.18 Å². The first-order chi connectivity index (χ1) is 9.58. The number of fused-ring (bicyclic) bond motifs is 1. The van der Waals surface area contributed by atoms with Crippen molar-refractivity contribution in [3.8, 4) is 11.1 Å². The summed E-state index contributed by atoms with van der Waals surface area (Å²) in [7, 11) is 0. The number of alkyl halides is 1. The van der Waals surface area contributed by atoms with E-state index in [2.05, 4.69) is 9.97 Å². The van der Waals surface area contributed by atoms with Gasteiger partial charge in [0.15, 0.2) is 0 Å². The summed E-state index contributed by atoms with van der Waals surface area (Å²) in [6.07, 6.45) is 0. The zero-order valence-corrected chi connectivity index (χ0v) is 12.1. The number of aromatic amines is 1. The summed E-state index contributed by atoms with van der Waals surface area (Å²) in [5.74, 6) is 0.0625. The van der Waals surface area contributed by atoms with Gasteiger partial charge >= 0.3 is 0 Å². The van der Waals surface area contributed by atoms with Crippen LogP contribution in [0.2, 0.25) is 0 Å². The smallest absolute Gasteiger partial charge is 0.260 e. The molecule has 6 heteroatoms. The van der Waals surface area contributed by atoms with Gasteiger partial charge in [0, 0.05) is 16.5 Å². The summed E-state index contributed by atoms with van der Waals surface area (Å²) >= 11 is 7.24. The van der Waals surface area contributed by atoms with Crippen LogP contribution in [0.5, 0.6) is 0 Å². The van der Waals surface area contributed by atoms with Gasteiger partial charge in [-0.25, -0.2) is 9.37 Å². The number of nitrogens with zero attached hydrogens (tertiary/aromatic N) is 1. The molecule has 0 saturated carbocycles. The molecule has 0 saturated heterocycles. The fourth-order valence-electron chi connectivity index (χ4n) is 2.03. The standard InChI is InChI=1S/C14H10ClFN2OS/c1-7(15)12-17-13(19)11-9(6-20-14(11)18-12)8-4-2-3-5-10(8)16/h2-7H,1H3,(H,17,18,19). The molecule has 3 aromatic rings. The van der Waals surface area contributed by atoms with Crippen LogP contribution in [-0.2, 0) is 0 Å². The first-order valence-electron chi connectivity index (χ1n) is 5.98.